The Morgan fingerprint density at radius 2 is 2.11 bits per heavy atom. The van der Waals surface area contributed by atoms with Crippen LogP contribution in [0.4, 0.5) is 0 Å². The Morgan fingerprint density at radius 1 is 1.21 bits per heavy atom. The normalized spacial score (nSPS) is 39.8. The fourth-order valence-corrected chi connectivity index (χ4v) is 4.04. The third-order valence-corrected chi connectivity index (χ3v) is 5.16. The average Bonchev–Trinajstić information content (AvgIpc) is 2.86. The zero-order valence-electron chi connectivity index (χ0n) is 12.0. The lowest BCUT2D eigenvalue weighted by molar-refractivity contribution is -0.127. The summed E-state index contributed by atoms with van der Waals surface area (Å²) in [5.41, 5.74) is 0. The van der Waals surface area contributed by atoms with Gasteiger partial charge < -0.3 is 15.5 Å². The van der Waals surface area contributed by atoms with E-state index < -0.39 is 0 Å². The van der Waals surface area contributed by atoms with Crippen LogP contribution in [0.1, 0.15) is 45.4 Å². The molecule has 1 amide bonds. The molecule has 4 unspecified atom stereocenters. The van der Waals surface area contributed by atoms with Crippen molar-refractivity contribution in [1.29, 1.82) is 0 Å². The molecule has 4 nitrogen and oxygen atoms in total. The van der Waals surface area contributed by atoms with E-state index in [1.165, 1.54) is 32.4 Å². The van der Waals surface area contributed by atoms with Crippen LogP contribution in [0.15, 0.2) is 0 Å². The number of hydrogen-bond donors (Lipinski definition) is 2. The molecule has 3 aliphatic rings. The predicted molar refractivity (Wildman–Crippen MR) is 75.9 cm³/mol. The topological polar surface area (TPSA) is 44.4 Å². The number of carbonyl (C=O) groups excluding carboxylic acids is 1. The second-order valence-corrected chi connectivity index (χ2v) is 6.64. The van der Waals surface area contributed by atoms with Crippen LogP contribution in [0, 0.1) is 5.92 Å². The van der Waals surface area contributed by atoms with Gasteiger partial charge in [-0.1, -0.05) is 0 Å². The number of piperidine rings is 2. The van der Waals surface area contributed by atoms with Crippen LogP contribution in [-0.2, 0) is 4.79 Å². The standard InChI is InChI=1S/C15H27N3O/c1-11-9-12(4-6-16-11)15(19)17-13-5-8-18-7-2-3-14(18)10-13/h11-14,16H,2-10H2,1H3,(H,17,19). The summed E-state index contributed by atoms with van der Waals surface area (Å²) in [5.74, 6) is 0.544. The van der Waals surface area contributed by atoms with Crippen LogP contribution in [0.2, 0.25) is 0 Å². The second-order valence-electron chi connectivity index (χ2n) is 6.64. The molecular weight excluding hydrogens is 238 g/mol. The summed E-state index contributed by atoms with van der Waals surface area (Å²) < 4.78 is 0. The fraction of sp³-hybridized carbons (Fsp3) is 0.933. The van der Waals surface area contributed by atoms with Gasteiger partial charge in [0.1, 0.15) is 0 Å². The Labute approximate surface area is 116 Å². The van der Waals surface area contributed by atoms with Gasteiger partial charge in [0.2, 0.25) is 5.91 Å². The highest BCUT2D eigenvalue weighted by Gasteiger charge is 2.33. The second kappa shape index (κ2) is 5.80. The number of rotatable bonds is 2. The van der Waals surface area contributed by atoms with Crippen molar-refractivity contribution in [3.8, 4) is 0 Å². The quantitative estimate of drug-likeness (QED) is 0.786. The summed E-state index contributed by atoms with van der Waals surface area (Å²) in [6.07, 6.45) is 6.98. The Hall–Kier alpha value is -0.610. The van der Waals surface area contributed by atoms with Crippen LogP contribution in [0.5, 0.6) is 0 Å². The minimum atomic E-state index is 0.234. The first-order chi connectivity index (χ1) is 9.22. The summed E-state index contributed by atoms with van der Waals surface area (Å²) in [7, 11) is 0. The van der Waals surface area contributed by atoms with Gasteiger partial charge in [-0.2, -0.15) is 0 Å². The van der Waals surface area contributed by atoms with E-state index in [1.807, 2.05) is 0 Å². The predicted octanol–water partition coefficient (Wildman–Crippen LogP) is 1.12. The van der Waals surface area contributed by atoms with Crippen LogP contribution in [0.25, 0.3) is 0 Å². The lowest BCUT2D eigenvalue weighted by Gasteiger charge is -2.36. The van der Waals surface area contributed by atoms with Crippen LogP contribution >= 0.6 is 0 Å². The van der Waals surface area contributed by atoms with Crippen molar-refractivity contribution < 1.29 is 4.79 Å². The molecule has 0 aromatic carbocycles. The molecule has 3 fully saturated rings. The average molecular weight is 265 g/mol. The first-order valence-electron chi connectivity index (χ1n) is 8.00. The van der Waals surface area contributed by atoms with E-state index in [-0.39, 0.29) is 5.92 Å². The first-order valence-corrected chi connectivity index (χ1v) is 8.00. The van der Waals surface area contributed by atoms with Crippen molar-refractivity contribution in [2.24, 2.45) is 5.92 Å². The summed E-state index contributed by atoms with van der Waals surface area (Å²) in [5, 5.41) is 6.74. The minimum absolute atomic E-state index is 0.234. The smallest absolute Gasteiger partial charge is 0.223 e. The van der Waals surface area contributed by atoms with Crippen LogP contribution in [-0.4, -0.2) is 48.6 Å². The van der Waals surface area contributed by atoms with E-state index in [0.717, 1.165) is 31.8 Å². The maximum atomic E-state index is 12.4. The van der Waals surface area contributed by atoms with Gasteiger partial charge >= 0.3 is 0 Å². The maximum absolute atomic E-state index is 12.4. The molecule has 4 heteroatoms. The molecule has 0 aromatic heterocycles. The molecule has 3 rings (SSSR count). The van der Waals surface area contributed by atoms with Gasteiger partial charge in [0.05, 0.1) is 0 Å². The van der Waals surface area contributed by atoms with Gasteiger partial charge in [-0.05, 0) is 58.5 Å². The number of nitrogens with zero attached hydrogens (tertiary/aromatic N) is 1. The molecule has 0 saturated carbocycles. The number of carbonyl (C=O) groups is 1. The number of nitrogens with one attached hydrogen (secondary N) is 2. The zero-order valence-corrected chi connectivity index (χ0v) is 12.0. The third-order valence-electron chi connectivity index (χ3n) is 5.16. The number of amides is 1. The molecule has 4 atom stereocenters. The fourth-order valence-electron chi connectivity index (χ4n) is 4.04. The lowest BCUT2D eigenvalue weighted by Crippen LogP contribution is -2.50. The van der Waals surface area contributed by atoms with Crippen molar-refractivity contribution in [3.05, 3.63) is 0 Å². The van der Waals surface area contributed by atoms with Gasteiger partial charge in [-0.3, -0.25) is 4.79 Å². The Bertz CT molecular complexity index is 333. The third kappa shape index (κ3) is 3.11. The molecule has 3 aliphatic heterocycles. The van der Waals surface area contributed by atoms with Crippen LogP contribution in [0.3, 0.4) is 0 Å². The van der Waals surface area contributed by atoms with Gasteiger partial charge in [-0.25, -0.2) is 0 Å². The Balaban J connectivity index is 1.49. The van der Waals surface area contributed by atoms with Gasteiger partial charge in [0.15, 0.2) is 0 Å². The maximum Gasteiger partial charge on any atom is 0.223 e. The lowest BCUT2D eigenvalue weighted by atomic mass is 9.91. The van der Waals surface area contributed by atoms with E-state index in [9.17, 15) is 4.79 Å². The summed E-state index contributed by atoms with van der Waals surface area (Å²) in [6.45, 7) is 5.62. The first kappa shape index (κ1) is 13.4. The number of hydrogen-bond acceptors (Lipinski definition) is 3. The van der Waals surface area contributed by atoms with Gasteiger partial charge in [-0.15, -0.1) is 0 Å². The molecular formula is C15H27N3O. The Morgan fingerprint density at radius 3 is 2.95 bits per heavy atom. The van der Waals surface area contributed by atoms with Crippen LogP contribution < -0.4 is 10.6 Å². The highest BCUT2D eigenvalue weighted by atomic mass is 16.1. The van der Waals surface area contributed by atoms with Gasteiger partial charge in [0.25, 0.3) is 0 Å². The summed E-state index contributed by atoms with van der Waals surface area (Å²) in [6, 6.07) is 1.66. The zero-order chi connectivity index (χ0) is 13.2. The van der Waals surface area contributed by atoms with E-state index in [4.69, 9.17) is 0 Å². The van der Waals surface area contributed by atoms with Crippen molar-refractivity contribution in [1.82, 2.24) is 15.5 Å². The molecule has 2 N–H and O–H groups in total. The molecule has 19 heavy (non-hydrogen) atoms. The molecule has 0 aromatic rings. The van der Waals surface area contributed by atoms with Crippen molar-refractivity contribution >= 4 is 5.91 Å². The van der Waals surface area contributed by atoms with E-state index in [1.54, 1.807) is 0 Å². The summed E-state index contributed by atoms with van der Waals surface area (Å²) >= 11 is 0. The molecule has 0 spiro atoms. The van der Waals surface area contributed by atoms with Crippen molar-refractivity contribution in [2.75, 3.05) is 19.6 Å². The van der Waals surface area contributed by atoms with E-state index in [0.29, 0.717) is 18.0 Å². The largest absolute Gasteiger partial charge is 0.353 e. The van der Waals surface area contributed by atoms with Crippen molar-refractivity contribution in [3.63, 3.8) is 0 Å². The molecule has 3 saturated heterocycles. The van der Waals surface area contributed by atoms with E-state index in [2.05, 4.69) is 22.5 Å². The van der Waals surface area contributed by atoms with E-state index >= 15 is 0 Å². The highest BCUT2D eigenvalue weighted by molar-refractivity contribution is 5.79. The van der Waals surface area contributed by atoms with Crippen molar-refractivity contribution in [2.45, 2.75) is 63.6 Å². The molecule has 3 heterocycles. The van der Waals surface area contributed by atoms with Gasteiger partial charge in [0, 0.05) is 30.6 Å². The monoisotopic (exact) mass is 265 g/mol. The molecule has 108 valence electrons. The molecule has 0 aliphatic carbocycles. The molecule has 0 bridgehead atoms. The number of fused-ring (bicyclic) bond motifs is 1. The molecule has 0 radical (unpaired) electrons. The SMILES string of the molecule is CC1CC(C(=O)NC2CCN3CCCC3C2)CCN1. The highest BCUT2D eigenvalue weighted by Crippen LogP contribution is 2.27. The summed E-state index contributed by atoms with van der Waals surface area (Å²) in [4.78, 5) is 15.0. The minimum Gasteiger partial charge on any atom is -0.353 e. The Kier molecular flexibility index (Phi) is 4.08.